The summed E-state index contributed by atoms with van der Waals surface area (Å²) in [6, 6.07) is 32.3. The maximum absolute atomic E-state index is 14.3. The Morgan fingerprint density at radius 2 is 1.46 bits per heavy atom. The first kappa shape index (κ1) is 25.0. The fourth-order valence-corrected chi connectivity index (χ4v) is 7.06. The predicted molar refractivity (Wildman–Crippen MR) is 155 cm³/mol. The highest BCUT2D eigenvalue weighted by molar-refractivity contribution is 6.25. The number of nitrogens with zero attached hydrogens (tertiary/aromatic N) is 2. The first-order valence-electron chi connectivity index (χ1n) is 13.6. The van der Waals surface area contributed by atoms with E-state index in [1.807, 2.05) is 78.9 Å². The number of methoxy groups -OCH3 is 1. The van der Waals surface area contributed by atoms with Gasteiger partial charge in [0.1, 0.15) is 5.75 Å². The van der Waals surface area contributed by atoms with Gasteiger partial charge in [0.25, 0.3) is 0 Å². The van der Waals surface area contributed by atoms with Crippen molar-refractivity contribution in [3.05, 3.63) is 131 Å². The largest absolute Gasteiger partial charge is 0.497 e. The second-order valence-electron chi connectivity index (χ2n) is 10.7. The summed E-state index contributed by atoms with van der Waals surface area (Å²) < 4.78 is 5.20. The molecule has 1 heterocycles. The minimum atomic E-state index is -1.03. The van der Waals surface area contributed by atoms with Gasteiger partial charge in [0.2, 0.25) is 17.7 Å². The molecule has 1 aliphatic heterocycles. The number of hydrogen-bond donors (Lipinski definition) is 1. The zero-order valence-corrected chi connectivity index (χ0v) is 22.4. The zero-order chi connectivity index (χ0) is 28.1. The molecule has 0 radical (unpaired) electrons. The zero-order valence-electron chi connectivity index (χ0n) is 22.4. The van der Waals surface area contributed by atoms with Gasteiger partial charge >= 0.3 is 0 Å². The molecule has 1 fully saturated rings. The molecule has 202 valence electrons. The van der Waals surface area contributed by atoms with E-state index in [2.05, 4.69) is 10.5 Å². The summed E-state index contributed by atoms with van der Waals surface area (Å²) in [5.74, 6) is -1.58. The molecule has 4 aromatic carbocycles. The van der Waals surface area contributed by atoms with Crippen LogP contribution < -0.4 is 15.1 Å². The molecule has 8 rings (SSSR count). The van der Waals surface area contributed by atoms with Crippen molar-refractivity contribution in [2.24, 2.45) is 16.9 Å². The fourth-order valence-electron chi connectivity index (χ4n) is 7.06. The van der Waals surface area contributed by atoms with Crippen LogP contribution in [0.3, 0.4) is 0 Å². The average Bonchev–Trinajstić information content (AvgIpc) is 3.28. The molecule has 1 N–H and O–H groups in total. The Labute approximate surface area is 237 Å². The third-order valence-electron chi connectivity index (χ3n) is 8.68. The molecule has 3 aliphatic carbocycles. The molecular weight excluding hydrogens is 514 g/mol. The number of nitrogens with one attached hydrogen (secondary N) is 1. The van der Waals surface area contributed by atoms with E-state index in [1.54, 1.807) is 37.6 Å². The molecule has 7 nitrogen and oxygen atoms in total. The van der Waals surface area contributed by atoms with Gasteiger partial charge in [-0.3, -0.25) is 14.4 Å². The summed E-state index contributed by atoms with van der Waals surface area (Å²) in [5, 5.41) is 4.48. The van der Waals surface area contributed by atoms with Crippen LogP contribution in [0.4, 0.5) is 5.69 Å². The van der Waals surface area contributed by atoms with Crippen LogP contribution in [0.2, 0.25) is 0 Å². The van der Waals surface area contributed by atoms with Gasteiger partial charge < -0.3 is 4.74 Å². The maximum Gasteiger partial charge on any atom is 0.244 e. The van der Waals surface area contributed by atoms with Crippen molar-refractivity contribution in [2.75, 3.05) is 12.0 Å². The second-order valence-corrected chi connectivity index (χ2v) is 10.7. The third-order valence-corrected chi connectivity index (χ3v) is 8.68. The van der Waals surface area contributed by atoms with E-state index in [1.165, 1.54) is 4.90 Å². The molecule has 2 atom stereocenters. The second kappa shape index (κ2) is 9.55. The summed E-state index contributed by atoms with van der Waals surface area (Å²) in [7, 11) is 1.59. The molecule has 0 saturated carbocycles. The smallest absolute Gasteiger partial charge is 0.244 e. The minimum Gasteiger partial charge on any atom is -0.497 e. The SMILES string of the molecule is COc1ccc(CC(=O)N/N=C\C23c4ccccc4C(c4ccccc42)[C@H]2C(=O)N(c4ccccc4)C(=O)[C@@H]23)cc1. The summed E-state index contributed by atoms with van der Waals surface area (Å²) in [6.45, 7) is 0. The molecule has 2 bridgehead atoms. The number of ether oxygens (including phenoxy) is 1. The molecule has 0 unspecified atom stereocenters. The number of hydrogen-bond acceptors (Lipinski definition) is 5. The summed E-state index contributed by atoms with van der Waals surface area (Å²) in [6.07, 6.45) is 1.82. The Balaban J connectivity index is 1.32. The number of carbonyl (C=O) groups is 3. The molecule has 7 heteroatoms. The average molecular weight is 542 g/mol. The summed E-state index contributed by atoms with van der Waals surface area (Å²) >= 11 is 0. The van der Waals surface area contributed by atoms with E-state index >= 15 is 0 Å². The van der Waals surface area contributed by atoms with Crippen molar-refractivity contribution < 1.29 is 19.1 Å². The highest BCUT2D eigenvalue weighted by Gasteiger charge is 2.68. The first-order chi connectivity index (χ1) is 20.0. The number of carbonyl (C=O) groups excluding carboxylic acids is 3. The molecule has 4 aromatic rings. The summed E-state index contributed by atoms with van der Waals surface area (Å²) in [5.41, 5.74) is 6.94. The monoisotopic (exact) mass is 541 g/mol. The van der Waals surface area contributed by atoms with Gasteiger partial charge in [0, 0.05) is 12.1 Å². The number of benzene rings is 4. The quantitative estimate of drug-likeness (QED) is 0.220. The number of rotatable bonds is 6. The molecule has 0 spiro atoms. The van der Waals surface area contributed by atoms with Gasteiger partial charge in [-0.2, -0.15) is 5.10 Å². The molecular formula is C34H27N3O4. The number of anilines is 1. The van der Waals surface area contributed by atoms with Crippen LogP contribution in [0.1, 0.15) is 33.7 Å². The van der Waals surface area contributed by atoms with Crippen LogP contribution in [0.5, 0.6) is 5.75 Å². The lowest BCUT2D eigenvalue weighted by Crippen LogP contribution is -2.54. The van der Waals surface area contributed by atoms with Gasteiger partial charge in [-0.05, 0) is 52.1 Å². The molecule has 0 aromatic heterocycles. The van der Waals surface area contributed by atoms with E-state index in [0.29, 0.717) is 11.4 Å². The van der Waals surface area contributed by atoms with Crippen molar-refractivity contribution in [1.82, 2.24) is 5.43 Å². The Morgan fingerprint density at radius 1 is 0.854 bits per heavy atom. The number of para-hydroxylation sites is 1. The molecule has 1 saturated heterocycles. The lowest BCUT2D eigenvalue weighted by atomic mass is 9.47. The number of hydrazone groups is 1. The predicted octanol–water partition coefficient (Wildman–Crippen LogP) is 4.59. The van der Waals surface area contributed by atoms with Crippen LogP contribution in [-0.4, -0.2) is 31.0 Å². The first-order valence-corrected chi connectivity index (χ1v) is 13.6. The standard InChI is InChI=1S/C34H27N3O4/c1-41-23-17-15-21(16-18-23)19-28(38)36-35-20-34-26-13-7-5-11-24(26)29(25-12-6-8-14-27(25)34)30-31(34)33(40)37(32(30)39)22-9-3-2-4-10-22/h2-18,20,29-31H,19H2,1H3,(H,36,38)/b35-20-/t29?,30-,31-,34?/m1/s1. The van der Waals surface area contributed by atoms with E-state index in [-0.39, 0.29) is 30.1 Å². The van der Waals surface area contributed by atoms with Gasteiger partial charge in [0.15, 0.2) is 0 Å². The third kappa shape index (κ3) is 3.65. The lowest BCUT2D eigenvalue weighted by molar-refractivity contribution is -0.123. The normalized spacial score (nSPS) is 23.7. The Bertz CT molecular complexity index is 1670. The van der Waals surface area contributed by atoms with Crippen molar-refractivity contribution in [3.8, 4) is 5.75 Å². The van der Waals surface area contributed by atoms with Crippen LogP contribution in [0.25, 0.3) is 0 Å². The molecule has 41 heavy (non-hydrogen) atoms. The number of amides is 3. The van der Waals surface area contributed by atoms with Crippen LogP contribution in [0, 0.1) is 11.8 Å². The Morgan fingerprint density at radius 3 is 2.10 bits per heavy atom. The van der Waals surface area contributed by atoms with Crippen LogP contribution in [0.15, 0.2) is 108 Å². The van der Waals surface area contributed by atoms with Crippen LogP contribution in [-0.2, 0) is 26.2 Å². The lowest BCUT2D eigenvalue weighted by Gasteiger charge is -2.52. The van der Waals surface area contributed by atoms with Crippen molar-refractivity contribution in [2.45, 2.75) is 17.8 Å². The van der Waals surface area contributed by atoms with E-state index < -0.39 is 17.3 Å². The highest BCUT2D eigenvalue weighted by Crippen LogP contribution is 2.63. The summed E-state index contributed by atoms with van der Waals surface area (Å²) in [4.78, 5) is 42.7. The van der Waals surface area contributed by atoms with E-state index in [0.717, 1.165) is 27.8 Å². The Hall–Kier alpha value is -5.04. The van der Waals surface area contributed by atoms with Crippen molar-refractivity contribution >= 4 is 29.6 Å². The van der Waals surface area contributed by atoms with Gasteiger partial charge in [-0.1, -0.05) is 78.9 Å². The van der Waals surface area contributed by atoms with Crippen molar-refractivity contribution in [3.63, 3.8) is 0 Å². The fraction of sp³-hybridized carbons (Fsp3) is 0.176. The van der Waals surface area contributed by atoms with Crippen molar-refractivity contribution in [1.29, 1.82) is 0 Å². The molecule has 3 amide bonds. The van der Waals surface area contributed by atoms with E-state index in [4.69, 9.17) is 4.74 Å². The van der Waals surface area contributed by atoms with Crippen LogP contribution >= 0.6 is 0 Å². The van der Waals surface area contributed by atoms with Gasteiger partial charge in [0.05, 0.1) is 36.5 Å². The minimum absolute atomic E-state index is 0.134. The van der Waals surface area contributed by atoms with Gasteiger partial charge in [-0.15, -0.1) is 0 Å². The topological polar surface area (TPSA) is 88.1 Å². The number of imide groups is 1. The molecule has 4 aliphatic rings. The highest BCUT2D eigenvalue weighted by atomic mass is 16.5. The van der Waals surface area contributed by atoms with E-state index in [9.17, 15) is 14.4 Å². The Kier molecular flexibility index (Phi) is 5.82. The maximum atomic E-state index is 14.3. The van der Waals surface area contributed by atoms with Gasteiger partial charge in [-0.25, -0.2) is 10.3 Å².